The normalized spacial score (nSPS) is 5.40. The first-order chi connectivity index (χ1) is 1.73. The van der Waals surface area contributed by atoms with Crippen LogP contribution in [0.2, 0.25) is 0 Å². The van der Waals surface area contributed by atoms with Crippen LogP contribution in [0.5, 0.6) is 0 Å². The molecule has 2 radical (unpaired) electrons. The fourth-order valence-electron chi connectivity index (χ4n) is 0. The van der Waals surface area contributed by atoms with E-state index >= 15 is 0 Å². The molecule has 0 aromatic carbocycles. The molecule has 0 aliphatic rings. The van der Waals surface area contributed by atoms with Gasteiger partial charge in [0.2, 0.25) is 0 Å². The predicted octanol–water partition coefficient (Wildman–Crippen LogP) is -4.33. The van der Waals surface area contributed by atoms with Crippen LogP contribution in [0.4, 0.5) is 0 Å². The smallest absolute Gasteiger partial charge is 0.907 e. The van der Waals surface area contributed by atoms with E-state index in [9.17, 15) is 0 Å². The second kappa shape index (κ2) is 4.83. The summed E-state index contributed by atoms with van der Waals surface area (Å²) in [6.45, 7) is 0. The maximum atomic E-state index is 8.42. The van der Waals surface area contributed by atoms with Crippen molar-refractivity contribution in [1.82, 2.24) is 0 Å². The maximum absolute atomic E-state index is 8.42. The predicted molar refractivity (Wildman–Crippen MR) is 11.5 cm³/mol. The van der Waals surface area contributed by atoms with Crippen molar-refractivity contribution in [2.24, 2.45) is 0 Å². The first-order valence-electron chi connectivity index (χ1n) is 0.707. The Morgan fingerprint density at radius 2 is 1.00 bits per heavy atom. The van der Waals surface area contributed by atoms with Gasteiger partial charge in [-0.3, -0.25) is 7.32 Å². The standard InChI is InChI=1S/BO3.Bi/c2-1(3)4;/q-3;+3. The molecule has 0 unspecified atom stereocenters. The van der Waals surface area contributed by atoms with Gasteiger partial charge in [0.15, 0.2) is 0 Å². The molecular formula is BBiO3. The second-order valence-electron chi connectivity index (χ2n) is 0.289. The number of rotatable bonds is 0. The minimum absolute atomic E-state index is 0. The number of hydrogen-bond donors (Lipinski definition) is 0. The van der Waals surface area contributed by atoms with Crippen molar-refractivity contribution in [2.45, 2.75) is 0 Å². The average Bonchev–Trinajstić information content (AvgIpc) is 0.811. The van der Waals surface area contributed by atoms with E-state index in [1.807, 2.05) is 0 Å². The van der Waals surface area contributed by atoms with Crippen LogP contribution < -0.4 is 15.1 Å². The van der Waals surface area contributed by atoms with E-state index in [0.717, 1.165) is 0 Å². The summed E-state index contributed by atoms with van der Waals surface area (Å²) < 4.78 is 0. The monoisotopic (exact) mass is 268 g/mol. The van der Waals surface area contributed by atoms with Gasteiger partial charge in [-0.15, -0.1) is 0 Å². The Balaban J connectivity index is 0. The molecule has 0 saturated carbocycles. The molecular weight excluding hydrogens is 268 g/mol. The summed E-state index contributed by atoms with van der Waals surface area (Å²) in [7, 11) is -2.92. The van der Waals surface area contributed by atoms with Gasteiger partial charge in [0.05, 0.1) is 0 Å². The Bertz CT molecular complexity index is 11.6. The molecule has 0 atom stereocenters. The maximum Gasteiger partial charge on any atom is 3.00 e. The van der Waals surface area contributed by atoms with Crippen molar-refractivity contribution in [3.05, 3.63) is 0 Å². The molecule has 0 aliphatic heterocycles. The van der Waals surface area contributed by atoms with Gasteiger partial charge in [-0.2, -0.15) is 0 Å². The molecule has 0 rings (SSSR count). The van der Waals surface area contributed by atoms with Crippen molar-refractivity contribution in [2.75, 3.05) is 0 Å². The third-order valence-electron chi connectivity index (χ3n) is 0. The SMILES string of the molecule is [Bi+3].[O-]B([O-])[O-]. The third-order valence-corrected chi connectivity index (χ3v) is 0. The van der Waals surface area contributed by atoms with Gasteiger partial charge in [0.1, 0.15) is 0 Å². The van der Waals surface area contributed by atoms with E-state index in [0.29, 0.717) is 0 Å². The zero-order valence-corrected chi connectivity index (χ0v) is 5.73. The van der Waals surface area contributed by atoms with Crippen LogP contribution in [0.25, 0.3) is 0 Å². The van der Waals surface area contributed by atoms with Gasteiger partial charge >= 0.3 is 26.2 Å². The topological polar surface area (TPSA) is 69.2 Å². The van der Waals surface area contributed by atoms with Gasteiger partial charge < -0.3 is 15.1 Å². The Hall–Kier alpha value is 0.828. The molecule has 0 aromatic rings. The summed E-state index contributed by atoms with van der Waals surface area (Å²) in [5.74, 6) is 0. The van der Waals surface area contributed by atoms with Gasteiger partial charge in [0.25, 0.3) is 0 Å². The molecule has 0 aromatic heterocycles. The van der Waals surface area contributed by atoms with Crippen molar-refractivity contribution in [3.63, 3.8) is 0 Å². The van der Waals surface area contributed by atoms with Crippen LogP contribution in [0.1, 0.15) is 0 Å². The van der Waals surface area contributed by atoms with Gasteiger partial charge in [0, 0.05) is 0 Å². The molecule has 0 fully saturated rings. The van der Waals surface area contributed by atoms with Crippen LogP contribution in [0.15, 0.2) is 0 Å². The van der Waals surface area contributed by atoms with Crippen LogP contribution in [-0.4, -0.2) is 33.5 Å². The molecule has 0 amide bonds. The first kappa shape index (κ1) is 9.27. The zero-order chi connectivity index (χ0) is 3.58. The van der Waals surface area contributed by atoms with E-state index in [1.165, 1.54) is 0 Å². The van der Waals surface area contributed by atoms with Gasteiger partial charge in [-0.1, -0.05) is 0 Å². The molecule has 0 bridgehead atoms. The van der Waals surface area contributed by atoms with Crippen molar-refractivity contribution >= 4 is 33.5 Å². The quantitative estimate of drug-likeness (QED) is 0.417. The van der Waals surface area contributed by atoms with Crippen LogP contribution in [-0.2, 0) is 0 Å². The molecule has 0 N–H and O–H groups in total. The van der Waals surface area contributed by atoms with Crippen LogP contribution in [0.3, 0.4) is 0 Å². The number of hydrogen-bond acceptors (Lipinski definition) is 3. The molecule has 5 heteroatoms. The molecule has 0 saturated heterocycles. The second-order valence-corrected chi connectivity index (χ2v) is 0.289. The summed E-state index contributed by atoms with van der Waals surface area (Å²) in [5.41, 5.74) is 0. The Morgan fingerprint density at radius 3 is 1.00 bits per heavy atom. The Morgan fingerprint density at radius 1 is 1.00 bits per heavy atom. The molecule has 0 heterocycles. The van der Waals surface area contributed by atoms with Crippen molar-refractivity contribution in [3.8, 4) is 0 Å². The summed E-state index contributed by atoms with van der Waals surface area (Å²) >= 11 is 0. The fraction of sp³-hybridized carbons (Fsp3) is 0. The van der Waals surface area contributed by atoms with E-state index in [2.05, 4.69) is 0 Å². The average molecular weight is 268 g/mol. The molecule has 0 aliphatic carbocycles. The summed E-state index contributed by atoms with van der Waals surface area (Å²) in [6.07, 6.45) is 0. The van der Waals surface area contributed by atoms with Crippen LogP contribution in [0, 0.1) is 0 Å². The Labute approximate surface area is 48.9 Å². The molecule has 3 nitrogen and oxygen atoms in total. The summed E-state index contributed by atoms with van der Waals surface area (Å²) in [6, 6.07) is 0. The van der Waals surface area contributed by atoms with E-state index in [4.69, 9.17) is 15.1 Å². The fourth-order valence-corrected chi connectivity index (χ4v) is 0. The molecule has 26 valence electrons. The van der Waals surface area contributed by atoms with Gasteiger partial charge in [-0.05, 0) is 0 Å². The van der Waals surface area contributed by atoms with E-state index in [-0.39, 0.29) is 26.2 Å². The van der Waals surface area contributed by atoms with Gasteiger partial charge in [-0.25, -0.2) is 0 Å². The minimum Gasteiger partial charge on any atom is -0.907 e. The summed E-state index contributed by atoms with van der Waals surface area (Å²) in [4.78, 5) is 0. The van der Waals surface area contributed by atoms with Crippen molar-refractivity contribution in [1.29, 1.82) is 0 Å². The Kier molecular flexibility index (Phi) is 8.95. The van der Waals surface area contributed by atoms with E-state index < -0.39 is 7.32 Å². The van der Waals surface area contributed by atoms with E-state index in [1.54, 1.807) is 0 Å². The van der Waals surface area contributed by atoms with Crippen LogP contribution >= 0.6 is 0 Å². The van der Waals surface area contributed by atoms with Crippen molar-refractivity contribution < 1.29 is 15.1 Å². The first-order valence-corrected chi connectivity index (χ1v) is 0.707. The summed E-state index contributed by atoms with van der Waals surface area (Å²) in [5, 5.41) is 25.2. The third kappa shape index (κ3) is 56.3. The zero-order valence-electron chi connectivity index (χ0n) is 2.25. The molecule has 0 spiro atoms. The molecule has 5 heavy (non-hydrogen) atoms. The minimum atomic E-state index is -2.92. The largest absolute Gasteiger partial charge is 3.00 e.